The van der Waals surface area contributed by atoms with Crippen LogP contribution in [0.5, 0.6) is 0 Å². The topological polar surface area (TPSA) is 111 Å². The number of nitrogens with one attached hydrogen (secondary N) is 2. The molecule has 1 aliphatic heterocycles. The molecule has 9 nitrogen and oxygen atoms in total. The van der Waals surface area contributed by atoms with Gasteiger partial charge >= 0.3 is 12.0 Å². The molecule has 2 aromatic heterocycles. The van der Waals surface area contributed by atoms with E-state index in [1.165, 1.54) is 11.8 Å². The minimum absolute atomic E-state index is 0.253. The van der Waals surface area contributed by atoms with Crippen molar-refractivity contribution < 1.29 is 18.7 Å². The maximum absolute atomic E-state index is 12.7. The summed E-state index contributed by atoms with van der Waals surface area (Å²) in [5, 5.41) is 15.0. The molecule has 2 amide bonds. The number of nitrogens with zero attached hydrogens (tertiary/aromatic N) is 3. The van der Waals surface area contributed by atoms with Crippen LogP contribution < -0.4 is 10.6 Å². The van der Waals surface area contributed by atoms with Crippen molar-refractivity contribution >= 4 is 23.8 Å². The van der Waals surface area contributed by atoms with Gasteiger partial charge in [-0.3, -0.25) is 4.57 Å². The van der Waals surface area contributed by atoms with Crippen LogP contribution in [0.15, 0.2) is 63.5 Å². The predicted octanol–water partition coefficient (Wildman–Crippen LogP) is 3.84. The molecule has 1 atom stereocenters. The van der Waals surface area contributed by atoms with Gasteiger partial charge < -0.3 is 19.8 Å². The molecule has 4 rings (SSSR count). The molecular weight excluding hydrogens is 442 g/mol. The third-order valence-electron chi connectivity index (χ3n) is 5.24. The number of furan rings is 1. The fourth-order valence-electron chi connectivity index (χ4n) is 3.68. The number of carbonyl (C=O) groups is 2. The zero-order chi connectivity index (χ0) is 23.4. The monoisotopic (exact) mass is 467 g/mol. The lowest BCUT2D eigenvalue weighted by Crippen LogP contribution is -2.50. The first kappa shape index (κ1) is 22.7. The summed E-state index contributed by atoms with van der Waals surface area (Å²) in [5.74, 6) is 1.26. The second kappa shape index (κ2) is 9.95. The standard InChI is InChI=1S/C23H25N5O4S/c1-4-17-19(21(29)31-5-2)18(25-22(30)24-17)13-33-23-27-26-20(16-11-12-32-14(16)3)28(23)15-9-7-6-8-10-15/h6-12,17H,4-5,13H2,1-3H3,(H2,24,25,30). The van der Waals surface area contributed by atoms with E-state index < -0.39 is 12.0 Å². The highest BCUT2D eigenvalue weighted by Crippen LogP contribution is 2.31. The van der Waals surface area contributed by atoms with Gasteiger partial charge in [-0.25, -0.2) is 9.59 Å². The third kappa shape index (κ3) is 4.65. The van der Waals surface area contributed by atoms with Crippen molar-refractivity contribution in [1.29, 1.82) is 0 Å². The van der Waals surface area contributed by atoms with Crippen LogP contribution >= 0.6 is 11.8 Å². The smallest absolute Gasteiger partial charge is 0.337 e. The van der Waals surface area contributed by atoms with Crippen LogP contribution in [-0.2, 0) is 9.53 Å². The lowest BCUT2D eigenvalue weighted by Gasteiger charge is -2.28. The number of urea groups is 1. The van der Waals surface area contributed by atoms with Crippen molar-refractivity contribution in [3.05, 3.63) is 59.7 Å². The van der Waals surface area contributed by atoms with Gasteiger partial charge in [-0.1, -0.05) is 36.9 Å². The van der Waals surface area contributed by atoms with Gasteiger partial charge in [-0.05, 0) is 38.5 Å². The van der Waals surface area contributed by atoms with E-state index in [-0.39, 0.29) is 12.6 Å². The average molecular weight is 468 g/mol. The summed E-state index contributed by atoms with van der Waals surface area (Å²) in [5.41, 5.74) is 2.67. The van der Waals surface area contributed by atoms with Crippen LogP contribution in [0.3, 0.4) is 0 Å². The van der Waals surface area contributed by atoms with Crippen LogP contribution in [0.1, 0.15) is 26.0 Å². The zero-order valence-corrected chi connectivity index (χ0v) is 19.4. The van der Waals surface area contributed by atoms with Crippen LogP contribution in [0, 0.1) is 6.92 Å². The van der Waals surface area contributed by atoms with E-state index in [0.717, 1.165) is 17.0 Å². The maximum atomic E-state index is 12.7. The molecule has 3 aromatic rings. The van der Waals surface area contributed by atoms with Gasteiger partial charge in [0.1, 0.15) is 5.76 Å². The van der Waals surface area contributed by atoms with Gasteiger partial charge in [0.2, 0.25) is 0 Å². The first-order valence-electron chi connectivity index (χ1n) is 10.7. The van der Waals surface area contributed by atoms with E-state index in [1.54, 1.807) is 13.2 Å². The number of aromatic nitrogens is 3. The molecular formula is C23H25N5O4S. The van der Waals surface area contributed by atoms with Crippen LogP contribution in [0.25, 0.3) is 17.1 Å². The number of carbonyl (C=O) groups excluding carboxylic acids is 2. The summed E-state index contributed by atoms with van der Waals surface area (Å²) in [4.78, 5) is 24.9. The lowest BCUT2D eigenvalue weighted by molar-refractivity contribution is -0.139. The number of thioether (sulfide) groups is 1. The Bertz CT molecular complexity index is 1180. The number of amides is 2. The Morgan fingerprint density at radius 3 is 2.67 bits per heavy atom. The van der Waals surface area contributed by atoms with E-state index in [2.05, 4.69) is 20.8 Å². The van der Waals surface area contributed by atoms with E-state index in [9.17, 15) is 9.59 Å². The second-order valence-electron chi connectivity index (χ2n) is 7.33. The summed E-state index contributed by atoms with van der Waals surface area (Å²) >= 11 is 1.38. The van der Waals surface area contributed by atoms with E-state index in [0.29, 0.717) is 34.4 Å². The highest BCUT2D eigenvalue weighted by atomic mass is 32.2. The first-order chi connectivity index (χ1) is 16.0. The summed E-state index contributed by atoms with van der Waals surface area (Å²) in [6.07, 6.45) is 2.19. The number of ether oxygens (including phenoxy) is 1. The minimum Gasteiger partial charge on any atom is -0.469 e. The Morgan fingerprint density at radius 1 is 1.21 bits per heavy atom. The molecule has 1 unspecified atom stereocenters. The predicted molar refractivity (Wildman–Crippen MR) is 124 cm³/mol. The molecule has 0 spiro atoms. The van der Waals surface area contributed by atoms with Gasteiger partial charge in [0.25, 0.3) is 0 Å². The van der Waals surface area contributed by atoms with E-state index in [4.69, 9.17) is 9.15 Å². The van der Waals surface area contributed by atoms with Gasteiger partial charge in [0, 0.05) is 17.1 Å². The highest BCUT2D eigenvalue weighted by molar-refractivity contribution is 7.99. The van der Waals surface area contributed by atoms with Crippen molar-refractivity contribution in [1.82, 2.24) is 25.4 Å². The number of aryl methyl sites for hydroxylation is 1. The zero-order valence-electron chi connectivity index (χ0n) is 18.6. The molecule has 0 radical (unpaired) electrons. The van der Waals surface area contributed by atoms with E-state index in [1.807, 2.05) is 54.8 Å². The number of hydrogen-bond donors (Lipinski definition) is 2. The Morgan fingerprint density at radius 2 is 2.00 bits per heavy atom. The summed E-state index contributed by atoms with van der Waals surface area (Å²) < 4.78 is 12.7. The van der Waals surface area contributed by atoms with Gasteiger partial charge in [-0.2, -0.15) is 0 Å². The molecule has 0 bridgehead atoms. The molecule has 33 heavy (non-hydrogen) atoms. The van der Waals surface area contributed by atoms with Crippen LogP contribution in [0.2, 0.25) is 0 Å². The fraction of sp³-hybridized carbons (Fsp3) is 0.304. The molecule has 10 heteroatoms. The van der Waals surface area contributed by atoms with Gasteiger partial charge in [0.15, 0.2) is 11.0 Å². The molecule has 1 aliphatic rings. The van der Waals surface area contributed by atoms with Gasteiger partial charge in [-0.15, -0.1) is 10.2 Å². The molecule has 3 heterocycles. The summed E-state index contributed by atoms with van der Waals surface area (Å²) in [6.45, 7) is 5.79. The number of rotatable bonds is 8. The average Bonchev–Trinajstić information content (AvgIpc) is 3.43. The van der Waals surface area contributed by atoms with Crippen molar-refractivity contribution in [3.8, 4) is 17.1 Å². The van der Waals surface area contributed by atoms with E-state index >= 15 is 0 Å². The molecule has 2 N–H and O–H groups in total. The fourth-order valence-corrected chi connectivity index (χ4v) is 4.60. The SMILES string of the molecule is CCOC(=O)C1=C(CSc2nnc(-c3ccoc3C)n2-c2ccccc2)NC(=O)NC1CC. The maximum Gasteiger partial charge on any atom is 0.337 e. The molecule has 1 aromatic carbocycles. The molecule has 0 saturated heterocycles. The molecule has 172 valence electrons. The number of benzene rings is 1. The number of para-hydroxylation sites is 1. The minimum atomic E-state index is -0.438. The highest BCUT2D eigenvalue weighted by Gasteiger charge is 2.32. The molecule has 0 aliphatic carbocycles. The Balaban J connectivity index is 1.72. The number of hydrogen-bond acceptors (Lipinski definition) is 7. The number of esters is 1. The summed E-state index contributed by atoms with van der Waals surface area (Å²) in [6, 6.07) is 10.9. The Kier molecular flexibility index (Phi) is 6.83. The Labute approximate surface area is 195 Å². The van der Waals surface area contributed by atoms with Gasteiger partial charge in [0.05, 0.1) is 30.0 Å². The second-order valence-corrected chi connectivity index (χ2v) is 8.27. The van der Waals surface area contributed by atoms with Crippen molar-refractivity contribution in [2.24, 2.45) is 0 Å². The van der Waals surface area contributed by atoms with Crippen molar-refractivity contribution in [2.75, 3.05) is 12.4 Å². The largest absolute Gasteiger partial charge is 0.469 e. The third-order valence-corrected chi connectivity index (χ3v) is 6.20. The van der Waals surface area contributed by atoms with Crippen LogP contribution in [-0.4, -0.2) is 45.2 Å². The van der Waals surface area contributed by atoms with Crippen LogP contribution in [0.4, 0.5) is 4.79 Å². The first-order valence-corrected chi connectivity index (χ1v) is 11.7. The normalized spacial score (nSPS) is 15.8. The molecule has 0 fully saturated rings. The lowest BCUT2D eigenvalue weighted by atomic mass is 10.0. The quantitative estimate of drug-likeness (QED) is 0.382. The van der Waals surface area contributed by atoms with Crippen molar-refractivity contribution in [2.45, 2.75) is 38.4 Å². The summed E-state index contributed by atoms with van der Waals surface area (Å²) in [7, 11) is 0. The Hall–Kier alpha value is -3.53. The molecule has 0 saturated carbocycles. The van der Waals surface area contributed by atoms with Crippen molar-refractivity contribution in [3.63, 3.8) is 0 Å².